The highest BCUT2D eigenvalue weighted by Crippen LogP contribution is 2.31. The standard InChI is InChI=1S/C10H8N2O2S3/c1-6(13)11-12-9(14)8(17-10(12)15)5-7-3-2-4-16-7/h2-5H,1H3,(H,11,13). The first-order valence-corrected chi connectivity index (χ1v) is 6.77. The first-order valence-electron chi connectivity index (χ1n) is 4.66. The summed E-state index contributed by atoms with van der Waals surface area (Å²) in [5.74, 6) is -0.609. The summed E-state index contributed by atoms with van der Waals surface area (Å²) in [4.78, 5) is 24.3. The van der Waals surface area contributed by atoms with Crippen molar-refractivity contribution >= 4 is 57.5 Å². The predicted octanol–water partition coefficient (Wildman–Crippen LogP) is 2.00. The Hall–Kier alpha value is -1.18. The van der Waals surface area contributed by atoms with Gasteiger partial charge >= 0.3 is 0 Å². The van der Waals surface area contributed by atoms with Gasteiger partial charge in [-0.25, -0.2) is 0 Å². The number of thiophene rings is 1. The normalized spacial score (nSPS) is 17.9. The third-order valence-corrected chi connectivity index (χ3v) is 4.00. The molecule has 0 atom stereocenters. The van der Waals surface area contributed by atoms with Gasteiger partial charge in [0.1, 0.15) is 0 Å². The second-order valence-electron chi connectivity index (χ2n) is 3.20. The van der Waals surface area contributed by atoms with E-state index in [0.29, 0.717) is 9.23 Å². The van der Waals surface area contributed by atoms with Gasteiger partial charge in [0.15, 0.2) is 4.32 Å². The zero-order valence-electron chi connectivity index (χ0n) is 8.80. The van der Waals surface area contributed by atoms with E-state index in [1.54, 1.807) is 6.08 Å². The summed E-state index contributed by atoms with van der Waals surface area (Å²) in [6.07, 6.45) is 1.77. The number of rotatable bonds is 2. The molecule has 1 aromatic rings. The average molecular weight is 284 g/mol. The van der Waals surface area contributed by atoms with Gasteiger partial charge < -0.3 is 0 Å². The summed E-state index contributed by atoms with van der Waals surface area (Å²) >= 11 is 7.74. The number of hydrogen-bond donors (Lipinski definition) is 1. The highest BCUT2D eigenvalue weighted by atomic mass is 32.2. The van der Waals surface area contributed by atoms with Gasteiger partial charge in [-0.2, -0.15) is 5.01 Å². The highest BCUT2D eigenvalue weighted by molar-refractivity contribution is 8.26. The molecule has 7 heteroatoms. The van der Waals surface area contributed by atoms with E-state index in [-0.39, 0.29) is 11.8 Å². The number of nitrogens with one attached hydrogen (secondary N) is 1. The van der Waals surface area contributed by atoms with E-state index in [2.05, 4.69) is 5.43 Å². The summed E-state index contributed by atoms with van der Waals surface area (Å²) in [5.41, 5.74) is 2.40. The second-order valence-corrected chi connectivity index (χ2v) is 5.86. The minimum Gasteiger partial charge on any atom is -0.274 e. The molecule has 1 fully saturated rings. The molecule has 0 aromatic carbocycles. The molecule has 1 aliphatic rings. The number of nitrogens with zero attached hydrogens (tertiary/aromatic N) is 1. The summed E-state index contributed by atoms with van der Waals surface area (Å²) in [5, 5.41) is 3.03. The number of thiocarbonyl (C=S) groups is 1. The van der Waals surface area contributed by atoms with Gasteiger partial charge in [0.25, 0.3) is 5.91 Å². The third kappa shape index (κ3) is 2.74. The van der Waals surface area contributed by atoms with Crippen LogP contribution in [0.4, 0.5) is 0 Å². The molecule has 0 radical (unpaired) electrons. The average Bonchev–Trinajstić information content (AvgIpc) is 2.83. The molecule has 0 spiro atoms. The maximum absolute atomic E-state index is 11.9. The fourth-order valence-electron chi connectivity index (χ4n) is 1.22. The van der Waals surface area contributed by atoms with E-state index in [4.69, 9.17) is 12.2 Å². The lowest BCUT2D eigenvalue weighted by Gasteiger charge is -2.13. The Morgan fingerprint density at radius 2 is 2.35 bits per heavy atom. The van der Waals surface area contributed by atoms with E-state index in [1.165, 1.54) is 30.0 Å². The molecule has 2 rings (SSSR count). The van der Waals surface area contributed by atoms with Crippen molar-refractivity contribution in [1.29, 1.82) is 0 Å². The molecular formula is C10H8N2O2S3. The van der Waals surface area contributed by atoms with Crippen LogP contribution in [0.2, 0.25) is 0 Å². The first kappa shape index (κ1) is 12.3. The number of hydrazine groups is 1. The van der Waals surface area contributed by atoms with E-state index in [0.717, 1.165) is 9.89 Å². The predicted molar refractivity (Wildman–Crippen MR) is 73.1 cm³/mol. The number of amides is 2. The summed E-state index contributed by atoms with van der Waals surface area (Å²) in [6.45, 7) is 1.33. The van der Waals surface area contributed by atoms with Crippen molar-refractivity contribution in [2.24, 2.45) is 0 Å². The molecule has 4 nitrogen and oxygen atoms in total. The zero-order valence-corrected chi connectivity index (χ0v) is 11.2. The van der Waals surface area contributed by atoms with Crippen LogP contribution in [0.3, 0.4) is 0 Å². The van der Waals surface area contributed by atoms with Crippen LogP contribution in [-0.4, -0.2) is 21.1 Å². The summed E-state index contributed by atoms with van der Waals surface area (Å²) in [6, 6.07) is 3.82. The molecule has 88 valence electrons. The largest absolute Gasteiger partial charge is 0.285 e. The van der Waals surface area contributed by atoms with E-state index in [1.807, 2.05) is 17.5 Å². The Kier molecular flexibility index (Phi) is 3.60. The minimum atomic E-state index is -0.321. The van der Waals surface area contributed by atoms with Gasteiger partial charge in [-0.1, -0.05) is 17.8 Å². The highest BCUT2D eigenvalue weighted by Gasteiger charge is 2.32. The maximum Gasteiger partial charge on any atom is 0.285 e. The molecule has 1 N–H and O–H groups in total. The smallest absolute Gasteiger partial charge is 0.274 e. The zero-order chi connectivity index (χ0) is 12.4. The molecule has 0 unspecified atom stereocenters. The van der Waals surface area contributed by atoms with Gasteiger partial charge in [-0.15, -0.1) is 11.3 Å². The van der Waals surface area contributed by atoms with Crippen LogP contribution in [-0.2, 0) is 9.59 Å². The topological polar surface area (TPSA) is 49.4 Å². The fraction of sp³-hybridized carbons (Fsp3) is 0.100. The van der Waals surface area contributed by atoms with E-state index >= 15 is 0 Å². The fourth-order valence-corrected chi connectivity index (χ4v) is 3.13. The molecular weight excluding hydrogens is 276 g/mol. The molecule has 1 aliphatic heterocycles. The molecule has 1 aromatic heterocycles. The second kappa shape index (κ2) is 4.99. The Morgan fingerprint density at radius 1 is 1.59 bits per heavy atom. The van der Waals surface area contributed by atoms with E-state index < -0.39 is 0 Å². The van der Waals surface area contributed by atoms with Crippen molar-refractivity contribution in [3.8, 4) is 0 Å². The summed E-state index contributed by atoms with van der Waals surface area (Å²) < 4.78 is 0.341. The molecule has 2 amide bonds. The lowest BCUT2D eigenvalue weighted by atomic mass is 10.4. The quantitative estimate of drug-likeness (QED) is 0.666. The monoisotopic (exact) mass is 284 g/mol. The van der Waals surface area contributed by atoms with Gasteiger partial charge in [-0.05, 0) is 29.7 Å². The SMILES string of the molecule is CC(=O)NN1C(=O)C(=Cc2cccs2)SC1=S. The van der Waals surface area contributed by atoms with Crippen LogP contribution in [0.5, 0.6) is 0 Å². The van der Waals surface area contributed by atoms with Crippen molar-refractivity contribution in [3.05, 3.63) is 27.3 Å². The molecule has 0 aliphatic carbocycles. The Bertz CT molecular complexity index is 508. The lowest BCUT2D eigenvalue weighted by Crippen LogP contribution is -2.43. The van der Waals surface area contributed by atoms with Crippen LogP contribution in [0.1, 0.15) is 11.8 Å². The number of carbonyl (C=O) groups is 2. The van der Waals surface area contributed by atoms with Crippen LogP contribution in [0, 0.1) is 0 Å². The molecule has 17 heavy (non-hydrogen) atoms. The number of thioether (sulfide) groups is 1. The van der Waals surface area contributed by atoms with Crippen molar-refractivity contribution in [1.82, 2.24) is 10.4 Å². The van der Waals surface area contributed by atoms with Gasteiger partial charge in [0, 0.05) is 11.8 Å². The van der Waals surface area contributed by atoms with Crippen molar-refractivity contribution < 1.29 is 9.59 Å². The van der Waals surface area contributed by atoms with Gasteiger partial charge in [0.2, 0.25) is 5.91 Å². The van der Waals surface area contributed by atoms with Crippen LogP contribution >= 0.6 is 35.3 Å². The molecule has 0 bridgehead atoms. The Balaban J connectivity index is 2.21. The van der Waals surface area contributed by atoms with Crippen molar-refractivity contribution in [3.63, 3.8) is 0 Å². The van der Waals surface area contributed by atoms with Crippen molar-refractivity contribution in [2.45, 2.75) is 6.92 Å². The minimum absolute atomic E-state index is 0.288. The Labute approximate surface area is 112 Å². The van der Waals surface area contributed by atoms with Gasteiger partial charge in [-0.3, -0.25) is 15.0 Å². The summed E-state index contributed by atoms with van der Waals surface area (Å²) in [7, 11) is 0. The molecule has 2 heterocycles. The van der Waals surface area contributed by atoms with Crippen LogP contribution in [0.15, 0.2) is 22.4 Å². The van der Waals surface area contributed by atoms with E-state index in [9.17, 15) is 9.59 Å². The first-order chi connectivity index (χ1) is 8.08. The van der Waals surface area contributed by atoms with Gasteiger partial charge in [0.05, 0.1) is 4.91 Å². The van der Waals surface area contributed by atoms with Crippen molar-refractivity contribution in [2.75, 3.05) is 0 Å². The van der Waals surface area contributed by atoms with Crippen LogP contribution in [0.25, 0.3) is 6.08 Å². The molecule has 0 saturated carbocycles. The number of carbonyl (C=O) groups excluding carboxylic acids is 2. The molecule has 1 saturated heterocycles. The maximum atomic E-state index is 11.9. The number of hydrogen-bond acceptors (Lipinski definition) is 5. The van der Waals surface area contributed by atoms with Crippen LogP contribution < -0.4 is 5.43 Å². The lowest BCUT2D eigenvalue weighted by molar-refractivity contribution is -0.131. The third-order valence-electron chi connectivity index (χ3n) is 1.88. The Morgan fingerprint density at radius 3 is 2.94 bits per heavy atom.